The smallest absolute Gasteiger partial charge is 0.244 e. The molecule has 0 aromatic heterocycles. The van der Waals surface area contributed by atoms with Gasteiger partial charge in [0.2, 0.25) is 5.91 Å². The quantitative estimate of drug-likeness (QED) is 0.943. The van der Waals surface area contributed by atoms with Crippen molar-refractivity contribution < 1.29 is 4.79 Å². The molecule has 4 heteroatoms. The zero-order valence-corrected chi connectivity index (χ0v) is 14.0. The first kappa shape index (κ1) is 15.8. The van der Waals surface area contributed by atoms with Crippen molar-refractivity contribution in [2.75, 3.05) is 38.0 Å². The van der Waals surface area contributed by atoms with Crippen LogP contribution in [0.15, 0.2) is 42.5 Å². The summed E-state index contributed by atoms with van der Waals surface area (Å²) < 4.78 is 0. The van der Waals surface area contributed by atoms with Crippen LogP contribution in [0.25, 0.3) is 10.8 Å². The van der Waals surface area contributed by atoms with Gasteiger partial charge in [0.1, 0.15) is 6.04 Å². The van der Waals surface area contributed by atoms with Crippen LogP contribution in [0.2, 0.25) is 0 Å². The van der Waals surface area contributed by atoms with Crippen LogP contribution in [0.5, 0.6) is 0 Å². The Labute approximate surface area is 138 Å². The molecule has 2 aromatic carbocycles. The van der Waals surface area contributed by atoms with Gasteiger partial charge >= 0.3 is 0 Å². The van der Waals surface area contributed by atoms with Crippen LogP contribution in [0.1, 0.15) is 13.8 Å². The van der Waals surface area contributed by atoms with Gasteiger partial charge in [-0.05, 0) is 24.9 Å². The number of anilines is 1. The molecule has 1 heterocycles. The predicted molar refractivity (Wildman–Crippen MR) is 95.7 cm³/mol. The van der Waals surface area contributed by atoms with E-state index in [-0.39, 0.29) is 11.9 Å². The average molecular weight is 311 g/mol. The number of carbonyl (C=O) groups excluding carboxylic acids is 1. The highest BCUT2D eigenvalue weighted by Crippen LogP contribution is 2.23. The van der Waals surface area contributed by atoms with E-state index < -0.39 is 0 Å². The first-order valence-corrected chi connectivity index (χ1v) is 8.44. The maximum absolute atomic E-state index is 12.7. The lowest BCUT2D eigenvalue weighted by atomic mass is 10.1. The third-order valence-corrected chi connectivity index (χ3v) is 4.66. The van der Waals surface area contributed by atoms with Crippen molar-refractivity contribution in [3.8, 4) is 0 Å². The van der Waals surface area contributed by atoms with E-state index in [1.54, 1.807) is 0 Å². The van der Waals surface area contributed by atoms with Crippen LogP contribution < -0.4 is 5.32 Å². The molecular formula is C19H25N3O. The molecule has 0 unspecified atom stereocenters. The molecule has 0 aliphatic carbocycles. The molecule has 1 saturated heterocycles. The van der Waals surface area contributed by atoms with Crippen LogP contribution in [0.3, 0.4) is 0 Å². The monoisotopic (exact) mass is 311 g/mol. The standard InChI is InChI=1S/C19H25N3O/c1-3-21-11-13-22(14-12-21)19(23)15(2)20-18-10-6-8-16-7-4-5-9-17(16)18/h4-10,15,20H,3,11-14H2,1-2H3/t15-/m1/s1. The number of likely N-dealkylation sites (N-methyl/N-ethyl adjacent to an activating group) is 1. The lowest BCUT2D eigenvalue weighted by Gasteiger charge is -2.35. The van der Waals surface area contributed by atoms with E-state index in [9.17, 15) is 4.79 Å². The maximum Gasteiger partial charge on any atom is 0.244 e. The highest BCUT2D eigenvalue weighted by molar-refractivity contribution is 5.95. The first-order valence-electron chi connectivity index (χ1n) is 8.44. The summed E-state index contributed by atoms with van der Waals surface area (Å²) in [5.74, 6) is 0.189. The van der Waals surface area contributed by atoms with Crippen molar-refractivity contribution >= 4 is 22.4 Å². The number of fused-ring (bicyclic) bond motifs is 1. The second-order valence-corrected chi connectivity index (χ2v) is 6.15. The molecule has 122 valence electrons. The Balaban J connectivity index is 1.68. The fourth-order valence-corrected chi connectivity index (χ4v) is 3.20. The van der Waals surface area contributed by atoms with Crippen LogP contribution in [-0.2, 0) is 4.79 Å². The van der Waals surface area contributed by atoms with Gasteiger partial charge in [-0.2, -0.15) is 0 Å². The minimum atomic E-state index is -0.214. The van der Waals surface area contributed by atoms with E-state index in [2.05, 4.69) is 35.3 Å². The van der Waals surface area contributed by atoms with Gasteiger partial charge in [-0.15, -0.1) is 0 Å². The van der Waals surface area contributed by atoms with E-state index in [1.165, 1.54) is 5.39 Å². The lowest BCUT2D eigenvalue weighted by molar-refractivity contribution is -0.133. The summed E-state index contributed by atoms with van der Waals surface area (Å²) >= 11 is 0. The van der Waals surface area contributed by atoms with E-state index in [0.717, 1.165) is 43.8 Å². The lowest BCUT2D eigenvalue weighted by Crippen LogP contribution is -2.52. The normalized spacial score (nSPS) is 17.2. The number of amides is 1. The summed E-state index contributed by atoms with van der Waals surface area (Å²) in [5.41, 5.74) is 1.02. The number of benzene rings is 2. The molecule has 3 rings (SSSR count). The molecule has 1 atom stereocenters. The Morgan fingerprint density at radius 2 is 1.78 bits per heavy atom. The SMILES string of the molecule is CCN1CCN(C(=O)[C@@H](C)Nc2cccc3ccccc23)CC1. The van der Waals surface area contributed by atoms with Crippen molar-refractivity contribution in [3.63, 3.8) is 0 Å². The molecule has 1 amide bonds. The van der Waals surface area contributed by atoms with Gasteiger partial charge in [0.25, 0.3) is 0 Å². The van der Waals surface area contributed by atoms with E-state index in [4.69, 9.17) is 0 Å². The van der Waals surface area contributed by atoms with Crippen molar-refractivity contribution in [2.24, 2.45) is 0 Å². The van der Waals surface area contributed by atoms with Crippen LogP contribution in [0.4, 0.5) is 5.69 Å². The molecule has 0 radical (unpaired) electrons. The number of carbonyl (C=O) groups is 1. The fraction of sp³-hybridized carbons (Fsp3) is 0.421. The van der Waals surface area contributed by atoms with Gasteiger partial charge in [-0.3, -0.25) is 4.79 Å². The molecular weight excluding hydrogens is 286 g/mol. The summed E-state index contributed by atoms with van der Waals surface area (Å²) in [4.78, 5) is 17.0. The molecule has 1 N–H and O–H groups in total. The number of rotatable bonds is 4. The molecule has 4 nitrogen and oxygen atoms in total. The van der Waals surface area contributed by atoms with E-state index in [0.29, 0.717) is 0 Å². The summed E-state index contributed by atoms with van der Waals surface area (Å²) in [6.07, 6.45) is 0. The van der Waals surface area contributed by atoms with Gasteiger partial charge < -0.3 is 15.1 Å². The Bertz CT molecular complexity index is 672. The summed E-state index contributed by atoms with van der Waals surface area (Å²) in [7, 11) is 0. The average Bonchev–Trinajstić information content (AvgIpc) is 2.61. The zero-order valence-electron chi connectivity index (χ0n) is 14.0. The zero-order chi connectivity index (χ0) is 16.2. The van der Waals surface area contributed by atoms with Gasteiger partial charge in [-0.25, -0.2) is 0 Å². The van der Waals surface area contributed by atoms with Crippen molar-refractivity contribution in [2.45, 2.75) is 19.9 Å². The third-order valence-electron chi connectivity index (χ3n) is 4.66. The molecule has 23 heavy (non-hydrogen) atoms. The molecule has 2 aromatic rings. The Morgan fingerprint density at radius 1 is 1.09 bits per heavy atom. The fourth-order valence-electron chi connectivity index (χ4n) is 3.20. The van der Waals surface area contributed by atoms with Crippen molar-refractivity contribution in [3.05, 3.63) is 42.5 Å². The minimum Gasteiger partial charge on any atom is -0.373 e. The van der Waals surface area contributed by atoms with Gasteiger partial charge in [0.15, 0.2) is 0 Å². The van der Waals surface area contributed by atoms with Crippen molar-refractivity contribution in [1.82, 2.24) is 9.80 Å². The minimum absolute atomic E-state index is 0.189. The number of piperazine rings is 1. The summed E-state index contributed by atoms with van der Waals surface area (Å²) in [5, 5.41) is 5.75. The van der Waals surface area contributed by atoms with Gasteiger partial charge in [-0.1, -0.05) is 43.3 Å². The second-order valence-electron chi connectivity index (χ2n) is 6.15. The van der Waals surface area contributed by atoms with Crippen molar-refractivity contribution in [1.29, 1.82) is 0 Å². The Kier molecular flexibility index (Phi) is 4.82. The number of nitrogens with zero attached hydrogens (tertiary/aromatic N) is 2. The maximum atomic E-state index is 12.7. The van der Waals surface area contributed by atoms with Gasteiger partial charge in [0, 0.05) is 37.3 Å². The summed E-state index contributed by atoms with van der Waals surface area (Å²) in [6.45, 7) is 8.79. The molecule has 0 spiro atoms. The highest BCUT2D eigenvalue weighted by atomic mass is 16.2. The molecule has 1 fully saturated rings. The molecule has 0 bridgehead atoms. The van der Waals surface area contributed by atoms with E-state index >= 15 is 0 Å². The third kappa shape index (κ3) is 3.48. The van der Waals surface area contributed by atoms with Crippen LogP contribution >= 0.6 is 0 Å². The predicted octanol–water partition coefficient (Wildman–Crippen LogP) is 2.80. The largest absolute Gasteiger partial charge is 0.373 e. The topological polar surface area (TPSA) is 35.6 Å². The molecule has 0 saturated carbocycles. The van der Waals surface area contributed by atoms with Crippen LogP contribution in [-0.4, -0.2) is 54.5 Å². The number of hydrogen-bond donors (Lipinski definition) is 1. The van der Waals surface area contributed by atoms with Gasteiger partial charge in [0.05, 0.1) is 0 Å². The van der Waals surface area contributed by atoms with E-state index in [1.807, 2.05) is 36.1 Å². The molecule has 1 aliphatic heterocycles. The Morgan fingerprint density at radius 3 is 2.52 bits per heavy atom. The highest BCUT2D eigenvalue weighted by Gasteiger charge is 2.24. The number of nitrogens with one attached hydrogen (secondary N) is 1. The second kappa shape index (κ2) is 7.01. The first-order chi connectivity index (χ1) is 11.2. The van der Waals surface area contributed by atoms with Crippen LogP contribution in [0, 0.1) is 0 Å². The Hall–Kier alpha value is -2.07. The molecule has 1 aliphatic rings. The number of hydrogen-bond acceptors (Lipinski definition) is 3. The summed E-state index contributed by atoms with van der Waals surface area (Å²) in [6, 6.07) is 14.2.